The number of fused-ring (bicyclic) bond motifs is 1. The summed E-state index contributed by atoms with van der Waals surface area (Å²) < 4.78 is 13.2. The molecule has 1 aromatic heterocycles. The van der Waals surface area contributed by atoms with Gasteiger partial charge in [0.2, 0.25) is 5.91 Å². The van der Waals surface area contributed by atoms with Crippen molar-refractivity contribution < 1.29 is 9.18 Å². The van der Waals surface area contributed by atoms with Gasteiger partial charge in [-0.1, -0.05) is 41.6 Å². The van der Waals surface area contributed by atoms with Crippen molar-refractivity contribution in [3.63, 3.8) is 0 Å². The maximum atomic E-state index is 13.2. The molecule has 0 aliphatic carbocycles. The minimum Gasteiger partial charge on any atom is -0.325 e. The first kappa shape index (κ1) is 17.6. The molecule has 7 heteroatoms. The van der Waals surface area contributed by atoms with Crippen LogP contribution in [-0.2, 0) is 4.79 Å². The summed E-state index contributed by atoms with van der Waals surface area (Å²) in [5, 5.41) is 3.96. The number of halogens is 2. The Morgan fingerprint density at radius 1 is 1.24 bits per heavy atom. The van der Waals surface area contributed by atoms with Crippen LogP contribution < -0.4 is 5.32 Å². The molecule has 0 fully saturated rings. The molecule has 0 aliphatic heterocycles. The predicted molar refractivity (Wildman–Crippen MR) is 99.6 cm³/mol. The second-order valence-electron chi connectivity index (χ2n) is 5.47. The largest absolute Gasteiger partial charge is 0.325 e. The molecule has 128 valence electrons. The lowest BCUT2D eigenvalue weighted by Crippen LogP contribution is -2.22. The topological polar surface area (TPSA) is 54.9 Å². The zero-order valence-corrected chi connectivity index (χ0v) is 15.2. The summed E-state index contributed by atoms with van der Waals surface area (Å²) in [5.41, 5.74) is 1.29. The highest BCUT2D eigenvalue weighted by atomic mass is 35.5. The molecule has 0 aliphatic rings. The molecule has 1 heterocycles. The molecular weight excluding hydrogens is 361 g/mol. The monoisotopic (exact) mass is 375 g/mol. The van der Waals surface area contributed by atoms with Gasteiger partial charge in [0.1, 0.15) is 16.7 Å². The van der Waals surface area contributed by atoms with E-state index in [9.17, 15) is 9.18 Å². The maximum Gasteiger partial charge on any atom is 0.237 e. The third kappa shape index (κ3) is 4.08. The highest BCUT2D eigenvalue weighted by molar-refractivity contribution is 8.00. The van der Waals surface area contributed by atoms with Gasteiger partial charge in [-0.05, 0) is 38.1 Å². The van der Waals surface area contributed by atoms with Crippen LogP contribution in [0, 0.1) is 12.7 Å². The van der Waals surface area contributed by atoms with Crippen molar-refractivity contribution in [1.82, 2.24) is 9.97 Å². The minimum absolute atomic E-state index is 0.0319. The van der Waals surface area contributed by atoms with E-state index in [1.165, 1.54) is 30.0 Å². The Labute approximate surface area is 153 Å². The molecule has 3 rings (SSSR count). The number of benzene rings is 2. The predicted octanol–water partition coefficient (Wildman–Crippen LogP) is 4.85. The number of rotatable bonds is 4. The van der Waals surface area contributed by atoms with Crippen LogP contribution in [0.25, 0.3) is 10.9 Å². The van der Waals surface area contributed by atoms with Crippen molar-refractivity contribution in [3.8, 4) is 0 Å². The van der Waals surface area contributed by atoms with Crippen molar-refractivity contribution >= 4 is 45.9 Å². The highest BCUT2D eigenvalue weighted by Crippen LogP contribution is 2.29. The molecule has 25 heavy (non-hydrogen) atoms. The molecule has 0 radical (unpaired) electrons. The van der Waals surface area contributed by atoms with Crippen LogP contribution in [-0.4, -0.2) is 21.1 Å². The van der Waals surface area contributed by atoms with Gasteiger partial charge in [0.15, 0.2) is 0 Å². The SMILES string of the molecule is Cc1nc(S[C@@H](C)C(=O)Nc2ccc(F)c(Cl)c2)c2ccccc2n1. The normalized spacial score (nSPS) is 12.2. The average Bonchev–Trinajstić information content (AvgIpc) is 2.58. The smallest absolute Gasteiger partial charge is 0.237 e. The molecule has 4 nitrogen and oxygen atoms in total. The Morgan fingerprint density at radius 3 is 2.76 bits per heavy atom. The van der Waals surface area contributed by atoms with Gasteiger partial charge < -0.3 is 5.32 Å². The number of amides is 1. The fourth-order valence-electron chi connectivity index (χ4n) is 2.29. The summed E-state index contributed by atoms with van der Waals surface area (Å²) in [4.78, 5) is 21.3. The third-order valence-corrected chi connectivity index (χ3v) is 4.92. The number of hydrogen-bond acceptors (Lipinski definition) is 4. The molecular formula is C18H15ClFN3OS. The molecule has 0 saturated heterocycles. The first-order valence-electron chi connectivity index (χ1n) is 7.60. The van der Waals surface area contributed by atoms with Crippen molar-refractivity contribution in [2.75, 3.05) is 5.32 Å². The lowest BCUT2D eigenvalue weighted by Gasteiger charge is -2.13. The maximum absolute atomic E-state index is 13.2. The molecule has 0 spiro atoms. The van der Waals surface area contributed by atoms with Crippen LogP contribution in [0.4, 0.5) is 10.1 Å². The molecule has 0 unspecified atom stereocenters. The lowest BCUT2D eigenvalue weighted by molar-refractivity contribution is -0.115. The zero-order valence-electron chi connectivity index (χ0n) is 13.6. The number of carbonyl (C=O) groups excluding carboxylic acids is 1. The summed E-state index contributed by atoms with van der Waals surface area (Å²) >= 11 is 7.09. The van der Waals surface area contributed by atoms with Gasteiger partial charge in [-0.15, -0.1) is 0 Å². The van der Waals surface area contributed by atoms with Gasteiger partial charge in [0.25, 0.3) is 0 Å². The van der Waals surface area contributed by atoms with Crippen LogP contribution in [0.15, 0.2) is 47.5 Å². The highest BCUT2D eigenvalue weighted by Gasteiger charge is 2.18. The Balaban J connectivity index is 1.78. The number of hydrogen-bond donors (Lipinski definition) is 1. The van der Waals surface area contributed by atoms with Crippen LogP contribution >= 0.6 is 23.4 Å². The standard InChI is InChI=1S/C18H15ClFN3OS/c1-10(17(24)23-12-7-8-15(20)14(19)9-12)25-18-13-5-3-4-6-16(13)21-11(2)22-18/h3-10H,1-2H3,(H,23,24)/t10-/m0/s1. The second-order valence-corrected chi connectivity index (χ2v) is 7.21. The third-order valence-electron chi connectivity index (χ3n) is 3.52. The van der Waals surface area contributed by atoms with E-state index < -0.39 is 11.1 Å². The van der Waals surface area contributed by atoms with Crippen LogP contribution in [0.3, 0.4) is 0 Å². The van der Waals surface area contributed by atoms with E-state index in [2.05, 4.69) is 15.3 Å². The van der Waals surface area contributed by atoms with Crippen molar-refractivity contribution in [1.29, 1.82) is 0 Å². The molecule has 0 saturated carbocycles. The van der Waals surface area contributed by atoms with E-state index in [-0.39, 0.29) is 10.9 Å². The first-order chi connectivity index (χ1) is 11.9. The number of nitrogens with one attached hydrogen (secondary N) is 1. The number of thioether (sulfide) groups is 1. The Morgan fingerprint density at radius 2 is 2.00 bits per heavy atom. The van der Waals surface area contributed by atoms with Gasteiger partial charge in [0.05, 0.1) is 15.8 Å². The van der Waals surface area contributed by atoms with E-state index >= 15 is 0 Å². The Bertz CT molecular complexity index is 951. The molecule has 1 amide bonds. The van der Waals surface area contributed by atoms with Crippen molar-refractivity contribution in [2.45, 2.75) is 24.1 Å². The van der Waals surface area contributed by atoms with E-state index in [1.54, 1.807) is 6.92 Å². The fourth-order valence-corrected chi connectivity index (χ4v) is 3.45. The van der Waals surface area contributed by atoms with E-state index in [4.69, 9.17) is 11.6 Å². The van der Waals surface area contributed by atoms with E-state index in [0.29, 0.717) is 11.5 Å². The van der Waals surface area contributed by atoms with E-state index in [0.717, 1.165) is 15.9 Å². The van der Waals surface area contributed by atoms with E-state index in [1.807, 2.05) is 31.2 Å². The number of nitrogens with zero attached hydrogens (tertiary/aromatic N) is 2. The van der Waals surface area contributed by atoms with Gasteiger partial charge in [0, 0.05) is 11.1 Å². The summed E-state index contributed by atoms with van der Waals surface area (Å²) in [6.45, 7) is 3.61. The molecule has 3 aromatic rings. The molecule has 1 N–H and O–H groups in total. The average molecular weight is 376 g/mol. The molecule has 2 aromatic carbocycles. The van der Waals surface area contributed by atoms with Crippen molar-refractivity contribution in [2.24, 2.45) is 0 Å². The van der Waals surface area contributed by atoms with Crippen LogP contribution in [0.5, 0.6) is 0 Å². The molecule has 0 bridgehead atoms. The van der Waals surface area contributed by atoms with Crippen molar-refractivity contribution in [3.05, 3.63) is 59.1 Å². The fraction of sp³-hybridized carbons (Fsp3) is 0.167. The Kier molecular flexibility index (Phi) is 5.20. The number of anilines is 1. The lowest BCUT2D eigenvalue weighted by atomic mass is 10.2. The number of aryl methyl sites for hydroxylation is 1. The van der Waals surface area contributed by atoms with Gasteiger partial charge in [-0.3, -0.25) is 4.79 Å². The summed E-state index contributed by atoms with van der Waals surface area (Å²) in [6.07, 6.45) is 0. The number of para-hydroxylation sites is 1. The minimum atomic E-state index is -0.523. The summed E-state index contributed by atoms with van der Waals surface area (Å²) in [6, 6.07) is 11.8. The molecule has 1 atom stereocenters. The zero-order chi connectivity index (χ0) is 18.0. The second kappa shape index (κ2) is 7.37. The summed E-state index contributed by atoms with van der Waals surface area (Å²) in [7, 11) is 0. The Hall–Kier alpha value is -2.18. The number of carbonyl (C=O) groups is 1. The van der Waals surface area contributed by atoms with Crippen LogP contribution in [0.2, 0.25) is 5.02 Å². The first-order valence-corrected chi connectivity index (χ1v) is 8.86. The summed E-state index contributed by atoms with van der Waals surface area (Å²) in [5.74, 6) is -0.0860. The van der Waals surface area contributed by atoms with Gasteiger partial charge >= 0.3 is 0 Å². The van der Waals surface area contributed by atoms with Gasteiger partial charge in [-0.2, -0.15) is 0 Å². The van der Waals surface area contributed by atoms with Gasteiger partial charge in [-0.25, -0.2) is 14.4 Å². The number of aromatic nitrogens is 2. The van der Waals surface area contributed by atoms with Crippen LogP contribution in [0.1, 0.15) is 12.7 Å². The quantitative estimate of drug-likeness (QED) is 0.523.